The summed E-state index contributed by atoms with van der Waals surface area (Å²) in [5.74, 6) is -1.33. The predicted octanol–water partition coefficient (Wildman–Crippen LogP) is 4.23. The summed E-state index contributed by atoms with van der Waals surface area (Å²) in [5, 5.41) is 17.6. The van der Waals surface area contributed by atoms with Crippen molar-refractivity contribution in [3.63, 3.8) is 0 Å². The van der Waals surface area contributed by atoms with Gasteiger partial charge < -0.3 is 20.1 Å². The Morgan fingerprint density at radius 2 is 1.61 bits per heavy atom. The zero-order chi connectivity index (χ0) is 23.8. The maximum atomic E-state index is 12.2. The molecule has 0 saturated carbocycles. The van der Waals surface area contributed by atoms with Crippen molar-refractivity contribution < 1.29 is 24.0 Å². The van der Waals surface area contributed by atoms with E-state index in [9.17, 15) is 19.7 Å². The molecule has 0 spiro atoms. The van der Waals surface area contributed by atoms with E-state index in [2.05, 4.69) is 20.6 Å². The Kier molecular flexibility index (Phi) is 7.47. The van der Waals surface area contributed by atoms with E-state index in [1.807, 2.05) is 0 Å². The number of nitro groups is 1. The van der Waals surface area contributed by atoms with Crippen LogP contribution in [0.4, 0.5) is 28.7 Å². The SMILES string of the molecule is CCOC(=O)c1cccc(Nc2ncnc(Nc3ccccc3C(=O)OCC)c2[N+](=O)[O-])c1. The van der Waals surface area contributed by atoms with Crippen molar-refractivity contribution in [2.45, 2.75) is 13.8 Å². The number of ether oxygens (including phenoxy) is 2. The van der Waals surface area contributed by atoms with E-state index >= 15 is 0 Å². The van der Waals surface area contributed by atoms with Gasteiger partial charge in [0.25, 0.3) is 0 Å². The summed E-state index contributed by atoms with van der Waals surface area (Å²) in [5.41, 5.74) is 0.704. The van der Waals surface area contributed by atoms with Crippen LogP contribution in [0, 0.1) is 10.1 Å². The number of rotatable bonds is 9. The lowest BCUT2D eigenvalue weighted by Gasteiger charge is -2.13. The predicted molar refractivity (Wildman–Crippen MR) is 120 cm³/mol. The molecule has 2 N–H and O–H groups in total. The number of nitrogens with zero attached hydrogens (tertiary/aromatic N) is 3. The Hall–Kier alpha value is -4.54. The van der Waals surface area contributed by atoms with Crippen LogP contribution in [0.2, 0.25) is 0 Å². The lowest BCUT2D eigenvalue weighted by Crippen LogP contribution is -2.10. The molecule has 170 valence electrons. The van der Waals surface area contributed by atoms with Gasteiger partial charge in [-0.1, -0.05) is 18.2 Å². The third-order valence-electron chi connectivity index (χ3n) is 4.32. The van der Waals surface area contributed by atoms with E-state index in [0.717, 1.165) is 6.33 Å². The molecule has 0 fully saturated rings. The summed E-state index contributed by atoms with van der Waals surface area (Å²) < 4.78 is 10.0. The van der Waals surface area contributed by atoms with Crippen molar-refractivity contribution in [3.05, 3.63) is 76.1 Å². The van der Waals surface area contributed by atoms with Crippen molar-refractivity contribution in [2.75, 3.05) is 23.8 Å². The minimum atomic E-state index is -0.646. The van der Waals surface area contributed by atoms with Crippen molar-refractivity contribution in [1.29, 1.82) is 0 Å². The number of carbonyl (C=O) groups excluding carboxylic acids is 2. The fourth-order valence-corrected chi connectivity index (χ4v) is 2.92. The van der Waals surface area contributed by atoms with Gasteiger partial charge in [-0.05, 0) is 44.2 Å². The van der Waals surface area contributed by atoms with Gasteiger partial charge in [0, 0.05) is 5.69 Å². The minimum absolute atomic E-state index is 0.105. The zero-order valence-corrected chi connectivity index (χ0v) is 17.9. The lowest BCUT2D eigenvalue weighted by atomic mass is 10.1. The van der Waals surface area contributed by atoms with Crippen LogP contribution in [0.3, 0.4) is 0 Å². The molecule has 0 aliphatic carbocycles. The first-order valence-electron chi connectivity index (χ1n) is 10.0. The first-order valence-corrected chi connectivity index (χ1v) is 10.0. The monoisotopic (exact) mass is 451 g/mol. The maximum absolute atomic E-state index is 12.2. The molecule has 11 nitrogen and oxygen atoms in total. The van der Waals surface area contributed by atoms with Gasteiger partial charge in [0.2, 0.25) is 11.6 Å². The largest absolute Gasteiger partial charge is 0.462 e. The van der Waals surface area contributed by atoms with Crippen LogP contribution in [-0.2, 0) is 9.47 Å². The lowest BCUT2D eigenvalue weighted by molar-refractivity contribution is -0.383. The Balaban J connectivity index is 1.96. The quantitative estimate of drug-likeness (QED) is 0.275. The molecule has 3 aromatic rings. The van der Waals surface area contributed by atoms with E-state index in [1.165, 1.54) is 12.1 Å². The highest BCUT2D eigenvalue weighted by molar-refractivity contribution is 5.97. The highest BCUT2D eigenvalue weighted by Gasteiger charge is 2.25. The smallest absolute Gasteiger partial charge is 0.353 e. The second-order valence-electron chi connectivity index (χ2n) is 6.49. The van der Waals surface area contributed by atoms with E-state index in [-0.39, 0.29) is 41.7 Å². The van der Waals surface area contributed by atoms with Gasteiger partial charge in [0.15, 0.2) is 0 Å². The van der Waals surface area contributed by atoms with Crippen LogP contribution < -0.4 is 10.6 Å². The molecule has 0 atom stereocenters. The molecular weight excluding hydrogens is 430 g/mol. The number of aromatic nitrogens is 2. The van der Waals surface area contributed by atoms with E-state index in [0.29, 0.717) is 5.69 Å². The topological polar surface area (TPSA) is 146 Å². The summed E-state index contributed by atoms with van der Waals surface area (Å²) in [6.45, 7) is 3.77. The van der Waals surface area contributed by atoms with Crippen LogP contribution in [0.15, 0.2) is 54.9 Å². The molecule has 1 aromatic heterocycles. The molecule has 0 aliphatic rings. The second-order valence-corrected chi connectivity index (χ2v) is 6.49. The standard InChI is InChI=1S/C22H21N5O6/c1-3-32-21(28)14-8-7-9-15(12-14)25-19-18(27(30)31)20(24-13-23-19)26-17-11-6-5-10-16(17)22(29)33-4-2/h5-13H,3-4H2,1-2H3,(H2,23,24,25,26). The molecule has 0 bridgehead atoms. The maximum Gasteiger partial charge on any atom is 0.353 e. The van der Waals surface area contributed by atoms with Gasteiger partial charge in [-0.25, -0.2) is 19.6 Å². The third kappa shape index (κ3) is 5.58. The Morgan fingerprint density at radius 1 is 0.939 bits per heavy atom. The first-order chi connectivity index (χ1) is 15.9. The van der Waals surface area contributed by atoms with Crippen LogP contribution in [0.1, 0.15) is 34.6 Å². The zero-order valence-electron chi connectivity index (χ0n) is 17.9. The Bertz CT molecular complexity index is 1180. The number of hydrogen-bond donors (Lipinski definition) is 2. The average molecular weight is 451 g/mol. The summed E-state index contributed by atoms with van der Waals surface area (Å²) in [7, 11) is 0. The van der Waals surface area contributed by atoms with Gasteiger partial charge in [0.1, 0.15) is 6.33 Å². The molecule has 2 aromatic carbocycles. The summed E-state index contributed by atoms with van der Waals surface area (Å²) in [6, 6.07) is 12.7. The average Bonchev–Trinajstić information content (AvgIpc) is 2.80. The summed E-state index contributed by atoms with van der Waals surface area (Å²) in [4.78, 5) is 43.4. The second kappa shape index (κ2) is 10.7. The number of esters is 2. The molecule has 3 rings (SSSR count). The van der Waals surface area contributed by atoms with Crippen molar-refractivity contribution in [1.82, 2.24) is 9.97 Å². The van der Waals surface area contributed by atoms with Gasteiger partial charge in [-0.3, -0.25) is 10.1 Å². The van der Waals surface area contributed by atoms with Gasteiger partial charge in [-0.2, -0.15) is 0 Å². The number of carbonyl (C=O) groups is 2. The van der Waals surface area contributed by atoms with Crippen molar-refractivity contribution in [3.8, 4) is 0 Å². The molecule has 0 unspecified atom stereocenters. The number of benzene rings is 2. The molecule has 0 saturated heterocycles. The molecule has 33 heavy (non-hydrogen) atoms. The number of para-hydroxylation sites is 1. The minimum Gasteiger partial charge on any atom is -0.462 e. The van der Waals surface area contributed by atoms with Crippen LogP contribution >= 0.6 is 0 Å². The van der Waals surface area contributed by atoms with E-state index in [1.54, 1.807) is 50.2 Å². The fraction of sp³-hybridized carbons (Fsp3) is 0.182. The molecular formula is C22H21N5O6. The van der Waals surface area contributed by atoms with Crippen LogP contribution in [0.25, 0.3) is 0 Å². The molecule has 1 heterocycles. The van der Waals surface area contributed by atoms with Gasteiger partial charge in [0.05, 0.1) is 35.0 Å². The number of nitrogens with one attached hydrogen (secondary N) is 2. The molecule has 0 amide bonds. The normalized spacial score (nSPS) is 10.2. The number of hydrogen-bond acceptors (Lipinski definition) is 10. The van der Waals surface area contributed by atoms with E-state index < -0.39 is 22.5 Å². The van der Waals surface area contributed by atoms with Crippen LogP contribution in [0.5, 0.6) is 0 Å². The van der Waals surface area contributed by atoms with E-state index in [4.69, 9.17) is 9.47 Å². The van der Waals surface area contributed by atoms with Gasteiger partial charge >= 0.3 is 17.6 Å². The Labute approximate surface area is 188 Å². The Morgan fingerprint density at radius 3 is 2.30 bits per heavy atom. The van der Waals surface area contributed by atoms with Crippen LogP contribution in [-0.4, -0.2) is 40.0 Å². The summed E-state index contributed by atoms with van der Waals surface area (Å²) in [6.07, 6.45) is 1.14. The molecule has 0 radical (unpaired) electrons. The molecule has 0 aliphatic heterocycles. The molecule has 11 heteroatoms. The highest BCUT2D eigenvalue weighted by Crippen LogP contribution is 2.34. The summed E-state index contributed by atoms with van der Waals surface area (Å²) >= 11 is 0. The highest BCUT2D eigenvalue weighted by atomic mass is 16.6. The fourth-order valence-electron chi connectivity index (χ4n) is 2.92. The third-order valence-corrected chi connectivity index (χ3v) is 4.32. The van der Waals surface area contributed by atoms with Crippen molar-refractivity contribution >= 4 is 40.6 Å². The van der Waals surface area contributed by atoms with Gasteiger partial charge in [-0.15, -0.1) is 0 Å². The number of anilines is 4. The van der Waals surface area contributed by atoms with Crippen molar-refractivity contribution in [2.24, 2.45) is 0 Å². The first kappa shape index (κ1) is 23.1.